The first-order valence-corrected chi connectivity index (χ1v) is 7.28. The van der Waals surface area contributed by atoms with Crippen LogP contribution in [0.3, 0.4) is 0 Å². The number of aromatic nitrogens is 4. The summed E-state index contributed by atoms with van der Waals surface area (Å²) in [6.45, 7) is 0. The highest BCUT2D eigenvalue weighted by Crippen LogP contribution is 2.25. The number of hydrogen-bond donors (Lipinski definition) is 1. The highest BCUT2D eigenvalue weighted by Gasteiger charge is 2.12. The van der Waals surface area contributed by atoms with Gasteiger partial charge in [0.2, 0.25) is 5.28 Å². The molecule has 0 atom stereocenters. The van der Waals surface area contributed by atoms with Crippen molar-refractivity contribution in [3.63, 3.8) is 0 Å². The fourth-order valence-corrected chi connectivity index (χ4v) is 2.54. The van der Waals surface area contributed by atoms with Gasteiger partial charge in [0.25, 0.3) is 0 Å². The van der Waals surface area contributed by atoms with Crippen LogP contribution in [0.2, 0.25) is 10.3 Å². The van der Waals surface area contributed by atoms with Crippen LogP contribution < -0.4 is 10.6 Å². The molecule has 0 aliphatic heterocycles. The Morgan fingerprint density at radius 3 is 2.71 bits per heavy atom. The molecule has 0 spiro atoms. The Kier molecular flexibility index (Phi) is 3.92. The first kappa shape index (κ1) is 14.1. The molecule has 0 unspecified atom stereocenters. The third-order valence-corrected chi connectivity index (χ3v) is 3.77. The topological polar surface area (TPSA) is 80.7 Å². The summed E-state index contributed by atoms with van der Waals surface area (Å²) in [7, 11) is -0.193. The quantitative estimate of drug-likeness (QED) is 0.582. The van der Waals surface area contributed by atoms with Gasteiger partial charge in [-0.15, -0.1) is 0 Å². The summed E-state index contributed by atoms with van der Waals surface area (Å²) in [6, 6.07) is 3.49. The Labute approximate surface area is 130 Å². The average molecular weight is 338 g/mol. The zero-order chi connectivity index (χ0) is 14.8. The molecule has 21 heavy (non-hydrogen) atoms. The molecule has 0 saturated heterocycles. The third kappa shape index (κ3) is 2.78. The van der Waals surface area contributed by atoms with E-state index in [2.05, 4.69) is 25.3 Å². The molecule has 0 bridgehead atoms. The number of fused-ring (bicyclic) bond motifs is 1. The fourth-order valence-electron chi connectivity index (χ4n) is 1.78. The van der Waals surface area contributed by atoms with Gasteiger partial charge in [0.05, 0.1) is 22.7 Å². The van der Waals surface area contributed by atoms with Gasteiger partial charge in [-0.1, -0.05) is 11.6 Å². The van der Waals surface area contributed by atoms with E-state index in [-0.39, 0.29) is 13.7 Å². The predicted molar refractivity (Wildman–Crippen MR) is 82.1 cm³/mol. The van der Waals surface area contributed by atoms with E-state index in [1.54, 1.807) is 18.3 Å². The molecule has 2 heterocycles. The second-order valence-corrected chi connectivity index (χ2v) is 5.31. The van der Waals surface area contributed by atoms with Crippen LogP contribution in [0.1, 0.15) is 0 Å². The Bertz CT molecular complexity index is 845. The first-order chi connectivity index (χ1) is 10.2. The molecule has 6 nitrogen and oxygen atoms in total. The highest BCUT2D eigenvalue weighted by molar-refractivity contribution is 7.35. The highest BCUT2D eigenvalue weighted by atomic mass is 35.5. The SMILES string of the molecule is O=Pc1c(Nc2nc(Cl)ncc2Cl)ccc2nccnc12. The molecule has 1 N–H and O–H groups in total. The van der Waals surface area contributed by atoms with E-state index in [1.165, 1.54) is 12.4 Å². The van der Waals surface area contributed by atoms with Crippen molar-refractivity contribution in [3.8, 4) is 0 Å². The van der Waals surface area contributed by atoms with E-state index >= 15 is 0 Å². The van der Waals surface area contributed by atoms with Crippen molar-refractivity contribution in [3.05, 3.63) is 41.0 Å². The number of nitrogens with one attached hydrogen (secondary N) is 1. The van der Waals surface area contributed by atoms with E-state index in [0.29, 0.717) is 32.9 Å². The van der Waals surface area contributed by atoms with Crippen LogP contribution in [0, 0.1) is 0 Å². The summed E-state index contributed by atoms with van der Waals surface area (Å²) in [5.41, 5.74) is 1.74. The van der Waals surface area contributed by atoms with Crippen molar-refractivity contribution in [2.75, 3.05) is 5.32 Å². The summed E-state index contributed by atoms with van der Waals surface area (Å²) in [6.07, 6.45) is 4.49. The third-order valence-electron chi connectivity index (χ3n) is 2.67. The van der Waals surface area contributed by atoms with Crippen molar-refractivity contribution in [1.29, 1.82) is 0 Å². The molecule has 9 heteroatoms. The van der Waals surface area contributed by atoms with Gasteiger partial charge in [0.1, 0.15) is 10.5 Å². The maximum absolute atomic E-state index is 11.5. The zero-order valence-electron chi connectivity index (χ0n) is 10.3. The number of benzene rings is 1. The van der Waals surface area contributed by atoms with E-state index < -0.39 is 0 Å². The molecular weight excluding hydrogens is 332 g/mol. The van der Waals surface area contributed by atoms with Crippen molar-refractivity contribution in [2.24, 2.45) is 0 Å². The van der Waals surface area contributed by atoms with Crippen molar-refractivity contribution >= 4 is 59.5 Å². The van der Waals surface area contributed by atoms with Crippen molar-refractivity contribution in [1.82, 2.24) is 19.9 Å². The number of anilines is 2. The van der Waals surface area contributed by atoms with E-state index in [0.717, 1.165) is 0 Å². The normalized spacial score (nSPS) is 11.0. The van der Waals surface area contributed by atoms with Gasteiger partial charge in [-0.05, 0) is 23.7 Å². The minimum atomic E-state index is -0.193. The second-order valence-electron chi connectivity index (χ2n) is 3.94. The van der Waals surface area contributed by atoms with Crippen LogP contribution >= 0.6 is 31.7 Å². The minimum absolute atomic E-state index is 0.0590. The number of halogens is 2. The van der Waals surface area contributed by atoms with Crippen molar-refractivity contribution < 1.29 is 4.57 Å². The van der Waals surface area contributed by atoms with Gasteiger partial charge in [-0.3, -0.25) is 14.5 Å². The number of hydrogen-bond acceptors (Lipinski definition) is 6. The van der Waals surface area contributed by atoms with Crippen LogP contribution in [0.25, 0.3) is 11.0 Å². The van der Waals surface area contributed by atoms with Crippen LogP contribution in [-0.4, -0.2) is 19.9 Å². The molecule has 2 aromatic heterocycles. The lowest BCUT2D eigenvalue weighted by Gasteiger charge is -2.10. The summed E-state index contributed by atoms with van der Waals surface area (Å²) >= 11 is 11.8. The summed E-state index contributed by atoms with van der Waals surface area (Å²) in [5.74, 6) is 0.324. The standard InChI is InChI=1S/C12H6Cl2N5OP/c13-6-5-17-12(14)19-11(6)18-8-2-1-7-9(10(8)21-20)16-4-3-15-7/h1-5H,(H,17,18,19). The van der Waals surface area contributed by atoms with Crippen LogP contribution in [-0.2, 0) is 4.57 Å². The van der Waals surface area contributed by atoms with Gasteiger partial charge in [-0.2, -0.15) is 4.98 Å². The zero-order valence-corrected chi connectivity index (χ0v) is 12.7. The smallest absolute Gasteiger partial charge is 0.224 e. The largest absolute Gasteiger partial charge is 0.338 e. The molecule has 1 aromatic carbocycles. The summed E-state index contributed by atoms with van der Waals surface area (Å²) in [4.78, 5) is 16.1. The van der Waals surface area contributed by atoms with Crippen LogP contribution in [0.4, 0.5) is 11.5 Å². The minimum Gasteiger partial charge on any atom is -0.338 e. The lowest BCUT2D eigenvalue weighted by Crippen LogP contribution is -2.07. The monoisotopic (exact) mass is 337 g/mol. The lowest BCUT2D eigenvalue weighted by atomic mass is 10.2. The molecule has 0 fully saturated rings. The first-order valence-electron chi connectivity index (χ1n) is 5.71. The van der Waals surface area contributed by atoms with E-state index in [1.807, 2.05) is 0 Å². The molecule has 0 aliphatic carbocycles. The Hall–Kier alpha value is -1.88. The maximum Gasteiger partial charge on any atom is 0.224 e. The average Bonchev–Trinajstić information content (AvgIpc) is 2.50. The van der Waals surface area contributed by atoms with Gasteiger partial charge in [0, 0.05) is 12.4 Å². The van der Waals surface area contributed by atoms with E-state index in [9.17, 15) is 4.57 Å². The van der Waals surface area contributed by atoms with Gasteiger partial charge in [0.15, 0.2) is 14.3 Å². The Morgan fingerprint density at radius 2 is 1.90 bits per heavy atom. The Morgan fingerprint density at radius 1 is 1.10 bits per heavy atom. The molecule has 0 aliphatic rings. The van der Waals surface area contributed by atoms with Crippen molar-refractivity contribution in [2.45, 2.75) is 0 Å². The molecule has 0 saturated carbocycles. The van der Waals surface area contributed by atoms with Gasteiger partial charge in [-0.25, -0.2) is 4.98 Å². The summed E-state index contributed by atoms with van der Waals surface area (Å²) < 4.78 is 11.5. The van der Waals surface area contributed by atoms with Crippen LogP contribution in [0.5, 0.6) is 0 Å². The molecular formula is C12H6Cl2N5OP. The number of rotatable bonds is 3. The van der Waals surface area contributed by atoms with Crippen LogP contribution in [0.15, 0.2) is 30.7 Å². The fraction of sp³-hybridized carbons (Fsp3) is 0. The number of nitrogens with zero attached hydrogens (tertiary/aromatic N) is 4. The molecule has 0 radical (unpaired) electrons. The van der Waals surface area contributed by atoms with Gasteiger partial charge >= 0.3 is 0 Å². The van der Waals surface area contributed by atoms with E-state index in [4.69, 9.17) is 23.2 Å². The maximum atomic E-state index is 11.5. The molecule has 0 amide bonds. The molecule has 3 aromatic rings. The van der Waals surface area contributed by atoms with Gasteiger partial charge < -0.3 is 5.32 Å². The second kappa shape index (κ2) is 5.85. The Balaban J connectivity index is 2.12. The predicted octanol–water partition coefficient (Wildman–Crippen LogP) is 3.39. The summed E-state index contributed by atoms with van der Waals surface area (Å²) in [5, 5.41) is 3.80. The molecule has 104 valence electrons. The lowest BCUT2D eigenvalue weighted by molar-refractivity contribution is 0.603. The molecule has 3 rings (SSSR count).